The summed E-state index contributed by atoms with van der Waals surface area (Å²) in [6.45, 7) is 3.78. The number of ether oxygens (including phenoxy) is 4. The highest BCUT2D eigenvalue weighted by Crippen LogP contribution is 2.23. The van der Waals surface area contributed by atoms with Gasteiger partial charge in [-0.3, -0.25) is 0 Å². The molecule has 0 radical (unpaired) electrons. The molecule has 0 amide bonds. The lowest BCUT2D eigenvalue weighted by Gasteiger charge is -2.26. The van der Waals surface area contributed by atoms with Crippen molar-refractivity contribution in [2.75, 3.05) is 13.2 Å². The van der Waals surface area contributed by atoms with E-state index >= 15 is 0 Å². The summed E-state index contributed by atoms with van der Waals surface area (Å²) >= 11 is 0. The van der Waals surface area contributed by atoms with E-state index in [4.69, 9.17) is 18.9 Å². The van der Waals surface area contributed by atoms with E-state index in [1.165, 1.54) is 24.8 Å². The summed E-state index contributed by atoms with van der Waals surface area (Å²) in [5.74, 6) is 1.57. The molecule has 2 fully saturated rings. The number of unbranched alkanes of at least 4 members (excludes halogenated alkanes) is 2. The molecule has 2 aliphatic rings. The topological polar surface area (TPSA) is 62.7 Å². The van der Waals surface area contributed by atoms with E-state index in [9.17, 15) is 0 Å². The second-order valence-electron chi connectivity index (χ2n) is 9.20. The van der Waals surface area contributed by atoms with Gasteiger partial charge < -0.3 is 18.9 Å². The molecule has 6 nitrogen and oxygen atoms in total. The van der Waals surface area contributed by atoms with Gasteiger partial charge in [-0.15, -0.1) is 0 Å². The Morgan fingerprint density at radius 2 is 1.58 bits per heavy atom. The van der Waals surface area contributed by atoms with Crippen molar-refractivity contribution in [1.29, 1.82) is 0 Å². The number of benzene rings is 1. The van der Waals surface area contributed by atoms with E-state index in [0.717, 1.165) is 81.7 Å². The average molecular weight is 455 g/mol. The molecule has 180 valence electrons. The van der Waals surface area contributed by atoms with Gasteiger partial charge in [0.2, 0.25) is 0 Å². The fourth-order valence-electron chi connectivity index (χ4n) is 4.35. The molecule has 3 unspecified atom stereocenters. The smallest absolute Gasteiger partial charge is 0.199 e. The number of rotatable bonds is 11. The van der Waals surface area contributed by atoms with Crippen LogP contribution in [0.15, 0.2) is 36.7 Å². The van der Waals surface area contributed by atoms with Crippen molar-refractivity contribution in [1.82, 2.24) is 9.97 Å². The lowest BCUT2D eigenvalue weighted by Crippen LogP contribution is -2.26. The summed E-state index contributed by atoms with van der Waals surface area (Å²) in [7, 11) is 0. The van der Waals surface area contributed by atoms with Gasteiger partial charge in [-0.25, -0.2) is 9.97 Å². The highest BCUT2D eigenvalue weighted by molar-refractivity contribution is 5.55. The van der Waals surface area contributed by atoms with Crippen LogP contribution in [-0.4, -0.2) is 41.9 Å². The molecular formula is C27H38N2O4. The zero-order valence-corrected chi connectivity index (χ0v) is 19.9. The van der Waals surface area contributed by atoms with Gasteiger partial charge >= 0.3 is 0 Å². The fraction of sp³-hybridized carbons (Fsp3) is 0.630. The predicted molar refractivity (Wildman–Crippen MR) is 128 cm³/mol. The van der Waals surface area contributed by atoms with Gasteiger partial charge in [0.25, 0.3) is 0 Å². The average Bonchev–Trinajstić information content (AvgIpc) is 2.86. The van der Waals surface area contributed by atoms with Crippen LogP contribution in [0.25, 0.3) is 11.4 Å². The second kappa shape index (κ2) is 13.0. The highest BCUT2D eigenvalue weighted by Gasteiger charge is 2.17. The zero-order chi connectivity index (χ0) is 22.7. The summed E-state index contributed by atoms with van der Waals surface area (Å²) in [4.78, 5) is 9.15. The van der Waals surface area contributed by atoms with Gasteiger partial charge in [-0.2, -0.15) is 0 Å². The van der Waals surface area contributed by atoms with Gasteiger partial charge in [0.05, 0.1) is 12.7 Å². The van der Waals surface area contributed by atoms with Gasteiger partial charge in [0.1, 0.15) is 5.75 Å². The molecule has 1 aromatic carbocycles. The first-order valence-electron chi connectivity index (χ1n) is 12.7. The molecule has 0 saturated carbocycles. The van der Waals surface area contributed by atoms with E-state index in [1.54, 1.807) is 0 Å². The summed E-state index contributed by atoms with van der Waals surface area (Å²) in [6.07, 6.45) is 16.3. The predicted octanol–water partition coefficient (Wildman–Crippen LogP) is 6.08. The maximum absolute atomic E-state index is 6.00. The third kappa shape index (κ3) is 8.05. The highest BCUT2D eigenvalue weighted by atomic mass is 16.7. The molecule has 3 atom stereocenters. The summed E-state index contributed by atoms with van der Waals surface area (Å²) in [5.41, 5.74) is 2.18. The Balaban J connectivity index is 1.14. The van der Waals surface area contributed by atoms with Crippen molar-refractivity contribution < 1.29 is 18.9 Å². The normalized spacial score (nSPS) is 22.1. The molecule has 0 aliphatic carbocycles. The van der Waals surface area contributed by atoms with E-state index in [0.29, 0.717) is 0 Å². The third-order valence-electron chi connectivity index (χ3n) is 6.32. The third-order valence-corrected chi connectivity index (χ3v) is 6.32. The Morgan fingerprint density at radius 1 is 0.879 bits per heavy atom. The largest absolute Gasteiger partial charge is 0.465 e. The van der Waals surface area contributed by atoms with E-state index in [-0.39, 0.29) is 18.7 Å². The Bertz CT molecular complexity index is 800. The Hall–Kier alpha value is -2.02. The van der Waals surface area contributed by atoms with Crippen molar-refractivity contribution in [3.05, 3.63) is 42.2 Å². The molecule has 0 bridgehead atoms. The Labute approximate surface area is 198 Å². The molecule has 3 heterocycles. The first-order valence-corrected chi connectivity index (χ1v) is 12.7. The molecule has 2 saturated heterocycles. The minimum atomic E-state index is -0.123. The maximum atomic E-state index is 6.00. The van der Waals surface area contributed by atoms with Gasteiger partial charge in [-0.05, 0) is 88.1 Å². The molecule has 2 aromatic rings. The molecule has 1 aromatic heterocycles. The SMILES string of the molecule is CC(CCCCCc1cnc(-c2ccc(OC3CCCCO3)cc2)nc1)OC1CCCCO1. The quantitative estimate of drug-likeness (QED) is 0.383. The molecule has 4 rings (SSSR count). The van der Waals surface area contributed by atoms with Crippen LogP contribution in [0.5, 0.6) is 5.75 Å². The summed E-state index contributed by atoms with van der Waals surface area (Å²) in [6, 6.07) is 7.95. The number of nitrogens with zero attached hydrogens (tertiary/aromatic N) is 2. The van der Waals surface area contributed by atoms with Gasteiger partial charge in [0, 0.05) is 31.0 Å². The molecule has 0 N–H and O–H groups in total. The number of aryl methyl sites for hydroxylation is 1. The van der Waals surface area contributed by atoms with Crippen molar-refractivity contribution in [2.24, 2.45) is 0 Å². The minimum Gasteiger partial charge on any atom is -0.465 e. The Morgan fingerprint density at radius 3 is 2.24 bits per heavy atom. The van der Waals surface area contributed by atoms with E-state index in [1.807, 2.05) is 36.7 Å². The van der Waals surface area contributed by atoms with Crippen molar-refractivity contribution >= 4 is 0 Å². The van der Waals surface area contributed by atoms with Crippen LogP contribution < -0.4 is 4.74 Å². The number of hydrogen-bond acceptors (Lipinski definition) is 6. The zero-order valence-electron chi connectivity index (χ0n) is 19.9. The van der Waals surface area contributed by atoms with Crippen LogP contribution in [0.4, 0.5) is 0 Å². The first-order chi connectivity index (χ1) is 16.3. The summed E-state index contributed by atoms with van der Waals surface area (Å²) in [5, 5.41) is 0. The van der Waals surface area contributed by atoms with Crippen LogP contribution in [0.1, 0.15) is 76.7 Å². The fourth-order valence-corrected chi connectivity index (χ4v) is 4.35. The standard InChI is InChI=1S/C27H38N2O4/c1-21(32-25-11-5-7-17-30-25)9-3-2-4-10-22-19-28-27(29-20-22)23-13-15-24(16-14-23)33-26-12-6-8-18-31-26/h13-16,19-21,25-26H,2-12,17-18H2,1H3. The molecule has 33 heavy (non-hydrogen) atoms. The van der Waals surface area contributed by atoms with E-state index in [2.05, 4.69) is 16.9 Å². The minimum absolute atomic E-state index is 0.0130. The van der Waals surface area contributed by atoms with Crippen molar-refractivity contribution in [3.8, 4) is 17.1 Å². The van der Waals surface area contributed by atoms with Crippen molar-refractivity contribution in [2.45, 2.75) is 96.2 Å². The summed E-state index contributed by atoms with van der Waals surface area (Å²) < 4.78 is 23.2. The number of aromatic nitrogens is 2. The van der Waals surface area contributed by atoms with Crippen LogP contribution in [0.2, 0.25) is 0 Å². The monoisotopic (exact) mass is 454 g/mol. The lowest BCUT2D eigenvalue weighted by atomic mass is 10.1. The van der Waals surface area contributed by atoms with Gasteiger partial charge in [0.15, 0.2) is 18.4 Å². The lowest BCUT2D eigenvalue weighted by molar-refractivity contribution is -0.185. The van der Waals surface area contributed by atoms with Crippen LogP contribution in [0, 0.1) is 0 Å². The molecule has 6 heteroatoms. The van der Waals surface area contributed by atoms with Crippen LogP contribution in [-0.2, 0) is 20.6 Å². The first kappa shape index (κ1) is 24.1. The van der Waals surface area contributed by atoms with Crippen molar-refractivity contribution in [3.63, 3.8) is 0 Å². The second-order valence-corrected chi connectivity index (χ2v) is 9.20. The maximum Gasteiger partial charge on any atom is 0.199 e. The van der Waals surface area contributed by atoms with Crippen LogP contribution in [0.3, 0.4) is 0 Å². The van der Waals surface area contributed by atoms with Gasteiger partial charge in [-0.1, -0.05) is 12.8 Å². The van der Waals surface area contributed by atoms with Crippen LogP contribution >= 0.6 is 0 Å². The molecule has 2 aliphatic heterocycles. The molecular weight excluding hydrogens is 416 g/mol. The number of hydrogen-bond donors (Lipinski definition) is 0. The molecule has 0 spiro atoms. The Kier molecular flexibility index (Phi) is 9.51. The van der Waals surface area contributed by atoms with E-state index < -0.39 is 0 Å².